The third-order valence-corrected chi connectivity index (χ3v) is 3.93. The van der Waals surface area contributed by atoms with Gasteiger partial charge in [-0.05, 0) is 38.4 Å². The molecule has 1 saturated heterocycles. The summed E-state index contributed by atoms with van der Waals surface area (Å²) >= 11 is 0. The molecular weight excluding hydrogens is 260 g/mol. The van der Waals surface area contributed by atoms with Crippen LogP contribution in [0.3, 0.4) is 0 Å². The van der Waals surface area contributed by atoms with Crippen LogP contribution in [0.15, 0.2) is 29.3 Å². The Balaban J connectivity index is 2.20. The number of rotatable bonds is 4. The second-order valence-electron chi connectivity index (χ2n) is 5.40. The smallest absolute Gasteiger partial charge is 0.0998 e. The standard InChI is InChI=1S/C17H22N4/c1-4-17(19-2)16-11-14(5-6-15(16)12-18)13-21-9-7-20(3)8-10-21/h4-6,11H,2,7-10,13H2,1,3H3. The van der Waals surface area contributed by atoms with Gasteiger partial charge in [-0.2, -0.15) is 5.26 Å². The van der Waals surface area contributed by atoms with Gasteiger partial charge in [0.25, 0.3) is 0 Å². The maximum absolute atomic E-state index is 9.24. The van der Waals surface area contributed by atoms with Crippen molar-refractivity contribution < 1.29 is 0 Å². The zero-order valence-electron chi connectivity index (χ0n) is 12.8. The van der Waals surface area contributed by atoms with Gasteiger partial charge in [0.1, 0.15) is 0 Å². The van der Waals surface area contributed by atoms with E-state index in [0.29, 0.717) is 5.56 Å². The Hall–Kier alpha value is -1.96. The van der Waals surface area contributed by atoms with Gasteiger partial charge in [0.05, 0.1) is 17.3 Å². The van der Waals surface area contributed by atoms with E-state index in [1.54, 1.807) is 0 Å². The van der Waals surface area contributed by atoms with Gasteiger partial charge in [-0.1, -0.05) is 12.1 Å². The second kappa shape index (κ2) is 7.16. The molecule has 1 heterocycles. The van der Waals surface area contributed by atoms with Crippen LogP contribution in [-0.2, 0) is 6.54 Å². The highest BCUT2D eigenvalue weighted by molar-refractivity contribution is 5.72. The van der Waals surface area contributed by atoms with Crippen molar-refractivity contribution in [2.75, 3.05) is 33.2 Å². The highest BCUT2D eigenvalue weighted by Gasteiger charge is 2.15. The number of piperazine rings is 1. The first-order valence-electron chi connectivity index (χ1n) is 7.25. The van der Waals surface area contributed by atoms with Crippen LogP contribution in [0.25, 0.3) is 5.70 Å². The van der Waals surface area contributed by atoms with Gasteiger partial charge in [-0.25, -0.2) is 0 Å². The molecule has 0 saturated carbocycles. The lowest BCUT2D eigenvalue weighted by Crippen LogP contribution is -2.43. The molecule has 0 amide bonds. The predicted octanol–water partition coefficient (Wildman–Crippen LogP) is 2.37. The van der Waals surface area contributed by atoms with Gasteiger partial charge < -0.3 is 4.90 Å². The molecule has 4 nitrogen and oxygen atoms in total. The van der Waals surface area contributed by atoms with E-state index < -0.39 is 0 Å². The minimum Gasteiger partial charge on any atom is -0.304 e. The minimum absolute atomic E-state index is 0.651. The van der Waals surface area contributed by atoms with E-state index in [4.69, 9.17) is 0 Å². The summed E-state index contributed by atoms with van der Waals surface area (Å²) in [6.45, 7) is 10.8. The molecule has 1 fully saturated rings. The topological polar surface area (TPSA) is 42.6 Å². The molecule has 0 aliphatic carbocycles. The number of hydrogen-bond acceptors (Lipinski definition) is 4. The van der Waals surface area contributed by atoms with Crippen molar-refractivity contribution in [1.82, 2.24) is 9.80 Å². The Kier molecular flexibility index (Phi) is 5.26. The van der Waals surface area contributed by atoms with Crippen LogP contribution in [0.1, 0.15) is 23.6 Å². The van der Waals surface area contributed by atoms with Crippen molar-refractivity contribution in [3.63, 3.8) is 0 Å². The molecular formula is C17H22N4. The van der Waals surface area contributed by atoms with Crippen LogP contribution < -0.4 is 0 Å². The molecule has 21 heavy (non-hydrogen) atoms. The number of benzene rings is 1. The Morgan fingerprint density at radius 3 is 2.67 bits per heavy atom. The first-order chi connectivity index (χ1) is 10.2. The summed E-state index contributed by atoms with van der Waals surface area (Å²) in [4.78, 5) is 8.82. The van der Waals surface area contributed by atoms with Crippen molar-refractivity contribution in [2.45, 2.75) is 13.5 Å². The zero-order valence-corrected chi connectivity index (χ0v) is 12.8. The second-order valence-corrected chi connectivity index (χ2v) is 5.40. The SMILES string of the molecule is C=NC(=CC)c1cc(CN2CCN(C)CC2)ccc1C#N. The van der Waals surface area contributed by atoms with Gasteiger partial charge in [0.15, 0.2) is 0 Å². The number of nitriles is 1. The fraction of sp³-hybridized carbons (Fsp3) is 0.412. The van der Waals surface area contributed by atoms with Crippen molar-refractivity contribution in [1.29, 1.82) is 5.26 Å². The van der Waals surface area contributed by atoms with Gasteiger partial charge >= 0.3 is 0 Å². The normalized spacial score (nSPS) is 17.5. The summed E-state index contributed by atoms with van der Waals surface area (Å²) in [7, 11) is 2.16. The Morgan fingerprint density at radius 1 is 1.38 bits per heavy atom. The summed E-state index contributed by atoms with van der Waals surface area (Å²) in [6.07, 6.45) is 1.89. The molecule has 0 bridgehead atoms. The molecule has 1 aliphatic heterocycles. The maximum Gasteiger partial charge on any atom is 0.0998 e. The summed E-state index contributed by atoms with van der Waals surface area (Å²) in [6, 6.07) is 8.23. The van der Waals surface area contributed by atoms with E-state index in [-0.39, 0.29) is 0 Å². The summed E-state index contributed by atoms with van der Waals surface area (Å²) in [5.74, 6) is 0. The average Bonchev–Trinajstić information content (AvgIpc) is 2.51. The zero-order chi connectivity index (χ0) is 15.2. The number of nitrogens with zero attached hydrogens (tertiary/aromatic N) is 4. The molecule has 0 N–H and O–H groups in total. The highest BCUT2D eigenvalue weighted by Crippen LogP contribution is 2.22. The third-order valence-electron chi connectivity index (χ3n) is 3.93. The Morgan fingerprint density at radius 2 is 2.10 bits per heavy atom. The molecule has 0 spiro atoms. The maximum atomic E-state index is 9.24. The number of hydrogen-bond donors (Lipinski definition) is 0. The average molecular weight is 282 g/mol. The third kappa shape index (κ3) is 3.78. The first-order valence-corrected chi connectivity index (χ1v) is 7.25. The lowest BCUT2D eigenvalue weighted by molar-refractivity contribution is 0.148. The number of likely N-dealkylation sites (N-methyl/N-ethyl adjacent to an activating group) is 1. The fourth-order valence-electron chi connectivity index (χ4n) is 2.60. The molecule has 1 aliphatic rings. The van der Waals surface area contributed by atoms with E-state index >= 15 is 0 Å². The molecule has 1 aromatic rings. The lowest BCUT2D eigenvalue weighted by Gasteiger charge is -2.32. The van der Waals surface area contributed by atoms with E-state index in [0.717, 1.165) is 44.0 Å². The quantitative estimate of drug-likeness (QED) is 0.796. The largest absolute Gasteiger partial charge is 0.304 e. The summed E-state index contributed by atoms with van der Waals surface area (Å²) in [5, 5.41) is 9.24. The van der Waals surface area contributed by atoms with E-state index in [2.05, 4.69) is 40.7 Å². The molecule has 0 aromatic heterocycles. The monoisotopic (exact) mass is 282 g/mol. The van der Waals surface area contributed by atoms with Gasteiger partial charge in [0, 0.05) is 38.3 Å². The van der Waals surface area contributed by atoms with Gasteiger partial charge in [-0.3, -0.25) is 9.89 Å². The first kappa shape index (κ1) is 15.4. The van der Waals surface area contributed by atoms with E-state index in [9.17, 15) is 5.26 Å². The van der Waals surface area contributed by atoms with Crippen molar-refractivity contribution in [3.8, 4) is 6.07 Å². The van der Waals surface area contributed by atoms with Crippen molar-refractivity contribution in [2.24, 2.45) is 4.99 Å². The van der Waals surface area contributed by atoms with Gasteiger partial charge in [-0.15, -0.1) is 0 Å². The molecule has 2 rings (SSSR count). The van der Waals surface area contributed by atoms with Crippen molar-refractivity contribution >= 4 is 12.4 Å². The van der Waals surface area contributed by atoms with Crippen LogP contribution in [0.2, 0.25) is 0 Å². The predicted molar refractivity (Wildman–Crippen MR) is 87.1 cm³/mol. The van der Waals surface area contributed by atoms with Crippen LogP contribution in [-0.4, -0.2) is 49.7 Å². The highest BCUT2D eigenvalue weighted by atomic mass is 15.2. The minimum atomic E-state index is 0.651. The summed E-state index contributed by atoms with van der Waals surface area (Å²) < 4.78 is 0. The van der Waals surface area contributed by atoms with E-state index in [1.807, 2.05) is 25.1 Å². The molecule has 0 unspecified atom stereocenters. The molecule has 4 heteroatoms. The van der Waals surface area contributed by atoms with Crippen molar-refractivity contribution in [3.05, 3.63) is 41.0 Å². The Labute approximate surface area is 127 Å². The van der Waals surface area contributed by atoms with Crippen LogP contribution in [0.5, 0.6) is 0 Å². The van der Waals surface area contributed by atoms with E-state index in [1.165, 1.54) is 5.56 Å². The Bertz CT molecular complexity index is 575. The lowest BCUT2D eigenvalue weighted by atomic mass is 10.0. The molecule has 0 radical (unpaired) electrons. The van der Waals surface area contributed by atoms with Crippen LogP contribution in [0.4, 0.5) is 0 Å². The van der Waals surface area contributed by atoms with Crippen LogP contribution >= 0.6 is 0 Å². The molecule has 1 aromatic carbocycles. The molecule has 110 valence electrons. The van der Waals surface area contributed by atoms with Gasteiger partial charge in [0.2, 0.25) is 0 Å². The van der Waals surface area contributed by atoms with Crippen LogP contribution in [0, 0.1) is 11.3 Å². The number of aliphatic imine (C=N–C) groups is 1. The fourth-order valence-corrected chi connectivity index (χ4v) is 2.60. The summed E-state index contributed by atoms with van der Waals surface area (Å²) in [5.41, 5.74) is 3.52. The molecule has 0 atom stereocenters. The number of allylic oxidation sites excluding steroid dienone is 1.